The molecule has 0 aliphatic rings. The molecule has 0 radical (unpaired) electrons. The van der Waals surface area contributed by atoms with Crippen LogP contribution in [0.1, 0.15) is 5.56 Å². The molecule has 1 aromatic carbocycles. The molecule has 2 heterocycles. The second kappa shape index (κ2) is 7.87. The van der Waals surface area contributed by atoms with Crippen LogP contribution in [0.2, 0.25) is 10.0 Å². The first-order valence-corrected chi connectivity index (χ1v) is 8.11. The van der Waals surface area contributed by atoms with Gasteiger partial charge in [-0.15, -0.1) is 0 Å². The number of halogens is 2. The molecule has 9 heteroatoms. The SMILES string of the molecule is N#Cc1cnn(-c2ccccn2)c1NC(=O)COc1cc(Cl)ccc1Cl. The second-order valence-corrected chi connectivity index (χ2v) is 5.87. The number of amides is 1. The molecule has 0 spiro atoms. The maximum atomic E-state index is 12.2. The Kier molecular flexibility index (Phi) is 5.37. The average molecular weight is 388 g/mol. The summed E-state index contributed by atoms with van der Waals surface area (Å²) in [6, 6.07) is 11.9. The predicted octanol–water partition coefficient (Wildman–Crippen LogP) is 3.46. The molecule has 0 atom stereocenters. The van der Waals surface area contributed by atoms with Gasteiger partial charge in [-0.3, -0.25) is 4.79 Å². The van der Waals surface area contributed by atoms with Crippen molar-refractivity contribution in [3.05, 3.63) is 64.4 Å². The minimum absolute atomic E-state index is 0.199. The van der Waals surface area contributed by atoms with Gasteiger partial charge in [0, 0.05) is 17.3 Å². The van der Waals surface area contributed by atoms with Gasteiger partial charge in [0.05, 0.1) is 11.2 Å². The number of hydrogen-bond donors (Lipinski definition) is 1. The van der Waals surface area contributed by atoms with E-state index in [-0.39, 0.29) is 23.7 Å². The van der Waals surface area contributed by atoms with Gasteiger partial charge in [-0.05, 0) is 24.3 Å². The third kappa shape index (κ3) is 3.94. The molecule has 0 fully saturated rings. The molecule has 0 saturated heterocycles. The number of nitrogens with one attached hydrogen (secondary N) is 1. The smallest absolute Gasteiger partial charge is 0.263 e. The lowest BCUT2D eigenvalue weighted by molar-refractivity contribution is -0.118. The molecule has 0 bridgehead atoms. The van der Waals surface area contributed by atoms with Crippen LogP contribution in [0.15, 0.2) is 48.8 Å². The van der Waals surface area contributed by atoms with Crippen molar-refractivity contribution in [2.75, 3.05) is 11.9 Å². The number of ether oxygens (including phenoxy) is 1. The normalized spacial score (nSPS) is 10.2. The molecule has 0 aliphatic carbocycles. The Balaban J connectivity index is 1.76. The van der Waals surface area contributed by atoms with E-state index in [1.165, 1.54) is 16.9 Å². The van der Waals surface area contributed by atoms with E-state index in [1.54, 1.807) is 36.5 Å². The van der Waals surface area contributed by atoms with Gasteiger partial charge in [0.2, 0.25) is 0 Å². The third-order valence-corrected chi connectivity index (χ3v) is 3.81. The van der Waals surface area contributed by atoms with Crippen LogP contribution < -0.4 is 10.1 Å². The Bertz CT molecular complexity index is 983. The summed E-state index contributed by atoms with van der Waals surface area (Å²) in [5.74, 6) is 0.461. The lowest BCUT2D eigenvalue weighted by Crippen LogP contribution is -2.22. The maximum absolute atomic E-state index is 12.2. The quantitative estimate of drug-likeness (QED) is 0.723. The van der Waals surface area contributed by atoms with Crippen LogP contribution in [-0.2, 0) is 4.79 Å². The third-order valence-electron chi connectivity index (χ3n) is 3.27. The molecular formula is C17H11Cl2N5O2. The van der Waals surface area contributed by atoms with Crippen molar-refractivity contribution in [1.82, 2.24) is 14.8 Å². The summed E-state index contributed by atoms with van der Waals surface area (Å²) < 4.78 is 6.75. The van der Waals surface area contributed by atoms with Crippen molar-refractivity contribution in [2.24, 2.45) is 0 Å². The molecule has 0 aliphatic heterocycles. The number of aromatic nitrogens is 3. The van der Waals surface area contributed by atoms with Gasteiger partial charge >= 0.3 is 0 Å². The van der Waals surface area contributed by atoms with E-state index in [4.69, 9.17) is 27.9 Å². The van der Waals surface area contributed by atoms with E-state index in [0.717, 1.165) is 0 Å². The van der Waals surface area contributed by atoms with E-state index in [1.807, 2.05) is 6.07 Å². The Morgan fingerprint density at radius 1 is 1.31 bits per heavy atom. The summed E-state index contributed by atoms with van der Waals surface area (Å²) in [6.07, 6.45) is 2.93. The molecule has 1 N–H and O–H groups in total. The van der Waals surface area contributed by atoms with Crippen molar-refractivity contribution in [2.45, 2.75) is 0 Å². The maximum Gasteiger partial charge on any atom is 0.263 e. The molecular weight excluding hydrogens is 377 g/mol. The van der Waals surface area contributed by atoms with Crippen LogP contribution in [0.5, 0.6) is 5.75 Å². The fourth-order valence-electron chi connectivity index (χ4n) is 2.10. The first kappa shape index (κ1) is 17.7. The molecule has 7 nitrogen and oxygen atoms in total. The lowest BCUT2D eigenvalue weighted by Gasteiger charge is -2.10. The highest BCUT2D eigenvalue weighted by Crippen LogP contribution is 2.27. The van der Waals surface area contributed by atoms with Crippen LogP contribution in [0.3, 0.4) is 0 Å². The first-order valence-electron chi connectivity index (χ1n) is 7.35. The van der Waals surface area contributed by atoms with Crippen LogP contribution in [0.25, 0.3) is 5.82 Å². The molecule has 1 amide bonds. The van der Waals surface area contributed by atoms with Crippen LogP contribution in [0, 0.1) is 11.3 Å². The highest BCUT2D eigenvalue weighted by Gasteiger charge is 2.16. The van der Waals surface area contributed by atoms with E-state index >= 15 is 0 Å². The van der Waals surface area contributed by atoms with Crippen LogP contribution in [0.4, 0.5) is 5.82 Å². The van der Waals surface area contributed by atoms with Crippen molar-refractivity contribution in [3.8, 4) is 17.6 Å². The molecule has 0 unspecified atom stereocenters. The second-order valence-electron chi connectivity index (χ2n) is 5.03. The van der Waals surface area contributed by atoms with E-state index in [2.05, 4.69) is 15.4 Å². The fraction of sp³-hybridized carbons (Fsp3) is 0.0588. The summed E-state index contributed by atoms with van der Waals surface area (Å²) >= 11 is 11.9. The van der Waals surface area contributed by atoms with Gasteiger partial charge in [-0.1, -0.05) is 29.3 Å². The number of nitriles is 1. The zero-order chi connectivity index (χ0) is 18.5. The van der Waals surface area contributed by atoms with Gasteiger partial charge in [-0.25, -0.2) is 4.98 Å². The summed E-state index contributed by atoms with van der Waals surface area (Å²) in [6.45, 7) is -0.321. The minimum Gasteiger partial charge on any atom is -0.482 e. The summed E-state index contributed by atoms with van der Waals surface area (Å²) in [4.78, 5) is 16.4. The molecule has 2 aromatic heterocycles. The Labute approximate surface area is 158 Å². The van der Waals surface area contributed by atoms with Crippen molar-refractivity contribution >= 4 is 34.9 Å². The fourth-order valence-corrected chi connectivity index (χ4v) is 2.44. The number of nitrogens with zero attached hydrogens (tertiary/aromatic N) is 4. The lowest BCUT2D eigenvalue weighted by atomic mass is 10.3. The number of rotatable bonds is 5. The van der Waals surface area contributed by atoms with Crippen LogP contribution >= 0.6 is 23.2 Å². The van der Waals surface area contributed by atoms with Crippen molar-refractivity contribution < 1.29 is 9.53 Å². The number of pyridine rings is 1. The van der Waals surface area contributed by atoms with Gasteiger partial charge in [0.15, 0.2) is 18.2 Å². The number of carbonyl (C=O) groups is 1. The molecule has 3 aromatic rings. The topological polar surface area (TPSA) is 92.8 Å². The monoisotopic (exact) mass is 387 g/mol. The Morgan fingerprint density at radius 2 is 2.15 bits per heavy atom. The van der Waals surface area contributed by atoms with Crippen molar-refractivity contribution in [1.29, 1.82) is 5.26 Å². The number of carbonyl (C=O) groups excluding carboxylic acids is 1. The molecule has 26 heavy (non-hydrogen) atoms. The molecule has 0 saturated carbocycles. The molecule has 3 rings (SSSR count). The van der Waals surface area contributed by atoms with Gasteiger partial charge in [0.25, 0.3) is 5.91 Å². The molecule has 130 valence electrons. The highest BCUT2D eigenvalue weighted by atomic mass is 35.5. The largest absolute Gasteiger partial charge is 0.482 e. The average Bonchev–Trinajstić information content (AvgIpc) is 3.05. The highest BCUT2D eigenvalue weighted by molar-refractivity contribution is 6.34. The summed E-state index contributed by atoms with van der Waals surface area (Å²) in [5.41, 5.74) is 0.199. The van der Waals surface area contributed by atoms with Crippen LogP contribution in [-0.4, -0.2) is 27.3 Å². The van der Waals surface area contributed by atoms with E-state index < -0.39 is 5.91 Å². The number of hydrogen-bond acceptors (Lipinski definition) is 5. The zero-order valence-corrected chi connectivity index (χ0v) is 14.7. The zero-order valence-electron chi connectivity index (χ0n) is 13.2. The Morgan fingerprint density at radius 3 is 2.88 bits per heavy atom. The van der Waals surface area contributed by atoms with Gasteiger partial charge < -0.3 is 10.1 Å². The summed E-state index contributed by atoms with van der Waals surface area (Å²) in [5, 5.41) is 16.7. The Hall–Kier alpha value is -3.08. The standard InChI is InChI=1S/C17H11Cl2N5O2/c18-12-4-5-13(19)14(7-12)26-10-16(25)23-17-11(8-20)9-22-24(17)15-3-1-2-6-21-15/h1-7,9H,10H2,(H,23,25). The summed E-state index contributed by atoms with van der Waals surface area (Å²) in [7, 11) is 0. The van der Waals surface area contributed by atoms with Gasteiger partial charge in [0.1, 0.15) is 17.4 Å². The van der Waals surface area contributed by atoms with E-state index in [0.29, 0.717) is 15.9 Å². The predicted molar refractivity (Wildman–Crippen MR) is 96.7 cm³/mol. The van der Waals surface area contributed by atoms with Gasteiger partial charge in [-0.2, -0.15) is 15.0 Å². The number of benzene rings is 1. The first-order chi connectivity index (χ1) is 12.6. The van der Waals surface area contributed by atoms with Crippen molar-refractivity contribution in [3.63, 3.8) is 0 Å². The number of anilines is 1. The minimum atomic E-state index is -0.491. The van der Waals surface area contributed by atoms with E-state index in [9.17, 15) is 10.1 Å².